The van der Waals surface area contributed by atoms with E-state index in [2.05, 4.69) is 16.5 Å². The van der Waals surface area contributed by atoms with Crippen LogP contribution in [0, 0.1) is 0 Å². The van der Waals surface area contributed by atoms with Crippen molar-refractivity contribution in [1.29, 1.82) is 0 Å². The molecule has 0 aliphatic heterocycles. The Bertz CT molecular complexity index is 599. The second-order valence-corrected chi connectivity index (χ2v) is 5.60. The van der Waals surface area contributed by atoms with Crippen molar-refractivity contribution in [2.75, 3.05) is 19.1 Å². The van der Waals surface area contributed by atoms with Crippen LogP contribution in [-0.2, 0) is 16.1 Å². The van der Waals surface area contributed by atoms with E-state index in [0.29, 0.717) is 19.0 Å². The van der Waals surface area contributed by atoms with Crippen LogP contribution in [0.4, 0.5) is 5.82 Å². The Morgan fingerprint density at radius 2 is 2.05 bits per heavy atom. The van der Waals surface area contributed by atoms with Crippen LogP contribution in [0.2, 0.25) is 0 Å². The molecule has 0 saturated heterocycles. The molecule has 0 bridgehead atoms. The Hall–Kier alpha value is -1.69. The molecule has 1 heterocycles. The van der Waals surface area contributed by atoms with Gasteiger partial charge in [0.1, 0.15) is 5.82 Å². The molecule has 0 aliphatic rings. The van der Waals surface area contributed by atoms with Crippen molar-refractivity contribution in [2.24, 2.45) is 5.84 Å². The molecule has 0 saturated carbocycles. The van der Waals surface area contributed by atoms with Crippen molar-refractivity contribution in [1.82, 2.24) is 4.98 Å². The molecule has 0 radical (unpaired) electrons. The number of anilines is 1. The van der Waals surface area contributed by atoms with Gasteiger partial charge in [-0.2, -0.15) is 0 Å². The molecular formula is C16H23N3O2. The van der Waals surface area contributed by atoms with Gasteiger partial charge in [0.15, 0.2) is 0 Å². The van der Waals surface area contributed by atoms with Crippen LogP contribution in [0.1, 0.15) is 25.8 Å². The average Bonchev–Trinajstić information content (AvgIpc) is 2.50. The number of pyridine rings is 1. The van der Waals surface area contributed by atoms with Gasteiger partial charge >= 0.3 is 0 Å². The number of methoxy groups -OCH3 is 1. The van der Waals surface area contributed by atoms with Gasteiger partial charge in [-0.25, -0.2) is 10.8 Å². The number of benzene rings is 1. The molecule has 2 rings (SSSR count). The first kappa shape index (κ1) is 15.7. The number of hydrogen-bond donors (Lipinski definition) is 2. The van der Waals surface area contributed by atoms with E-state index in [1.165, 1.54) is 0 Å². The van der Waals surface area contributed by atoms with E-state index >= 15 is 0 Å². The fourth-order valence-corrected chi connectivity index (χ4v) is 2.00. The van der Waals surface area contributed by atoms with Crippen LogP contribution < -0.4 is 11.3 Å². The summed E-state index contributed by atoms with van der Waals surface area (Å²) in [7, 11) is 1.71. The third kappa shape index (κ3) is 4.14. The van der Waals surface area contributed by atoms with E-state index in [4.69, 9.17) is 15.3 Å². The van der Waals surface area contributed by atoms with Crippen LogP contribution in [-0.4, -0.2) is 24.3 Å². The lowest BCUT2D eigenvalue weighted by Gasteiger charge is -2.22. The maximum Gasteiger partial charge on any atom is 0.146 e. The normalized spacial score (nSPS) is 11.8. The number of ether oxygens (including phenoxy) is 2. The fraction of sp³-hybridized carbons (Fsp3) is 0.438. The predicted octanol–water partition coefficient (Wildman–Crippen LogP) is 2.85. The number of fused-ring (bicyclic) bond motifs is 1. The van der Waals surface area contributed by atoms with Gasteiger partial charge < -0.3 is 14.9 Å². The van der Waals surface area contributed by atoms with E-state index in [1.807, 2.05) is 38.1 Å². The highest BCUT2D eigenvalue weighted by Gasteiger charge is 2.15. The molecule has 0 amide bonds. The first-order valence-corrected chi connectivity index (χ1v) is 7.04. The highest BCUT2D eigenvalue weighted by Crippen LogP contribution is 2.21. The number of rotatable bonds is 7. The zero-order valence-corrected chi connectivity index (χ0v) is 12.8. The summed E-state index contributed by atoms with van der Waals surface area (Å²) in [5, 5.41) is 1.08. The zero-order valence-electron chi connectivity index (χ0n) is 12.8. The number of nitrogens with one attached hydrogen (secondary N) is 1. The summed E-state index contributed by atoms with van der Waals surface area (Å²) < 4.78 is 11.1. The smallest absolute Gasteiger partial charge is 0.146 e. The standard InChI is InChI=1S/C16H23N3O2/c1-16(2,20-3)8-9-21-11-13-10-12-6-4-5-7-14(12)18-15(13)19-17/h4-7,10H,8-9,11,17H2,1-3H3,(H,18,19). The van der Waals surface area contributed by atoms with Crippen LogP contribution >= 0.6 is 0 Å². The minimum atomic E-state index is -0.170. The van der Waals surface area contributed by atoms with Crippen LogP contribution in [0.15, 0.2) is 30.3 Å². The summed E-state index contributed by atoms with van der Waals surface area (Å²) in [5.41, 5.74) is 4.33. The third-order valence-corrected chi connectivity index (χ3v) is 3.60. The fourth-order valence-electron chi connectivity index (χ4n) is 2.00. The number of nitrogens with two attached hydrogens (primary N) is 1. The van der Waals surface area contributed by atoms with Gasteiger partial charge in [-0.05, 0) is 32.4 Å². The number of hydrazine groups is 1. The second-order valence-electron chi connectivity index (χ2n) is 5.60. The van der Waals surface area contributed by atoms with Gasteiger partial charge in [0.05, 0.1) is 17.7 Å². The molecule has 0 atom stereocenters. The average molecular weight is 289 g/mol. The predicted molar refractivity (Wildman–Crippen MR) is 84.9 cm³/mol. The van der Waals surface area contributed by atoms with Gasteiger partial charge in [0, 0.05) is 24.7 Å². The summed E-state index contributed by atoms with van der Waals surface area (Å²) in [6, 6.07) is 9.99. The molecule has 21 heavy (non-hydrogen) atoms. The number of hydrogen-bond acceptors (Lipinski definition) is 5. The molecular weight excluding hydrogens is 266 g/mol. The quantitative estimate of drug-likeness (QED) is 0.466. The van der Waals surface area contributed by atoms with E-state index in [9.17, 15) is 0 Å². The Morgan fingerprint density at radius 3 is 2.76 bits per heavy atom. The number of nitrogen functional groups attached to an aromatic ring is 1. The lowest BCUT2D eigenvalue weighted by atomic mass is 10.1. The Morgan fingerprint density at radius 1 is 1.29 bits per heavy atom. The van der Waals surface area contributed by atoms with E-state index in [1.54, 1.807) is 7.11 Å². The number of para-hydroxylation sites is 1. The van der Waals surface area contributed by atoms with E-state index in [0.717, 1.165) is 22.9 Å². The van der Waals surface area contributed by atoms with Crippen molar-refractivity contribution in [3.63, 3.8) is 0 Å². The molecule has 1 aromatic carbocycles. The minimum Gasteiger partial charge on any atom is -0.379 e. The topological polar surface area (TPSA) is 69.4 Å². The minimum absolute atomic E-state index is 0.170. The van der Waals surface area contributed by atoms with Crippen molar-refractivity contribution in [2.45, 2.75) is 32.5 Å². The first-order valence-electron chi connectivity index (χ1n) is 7.04. The molecule has 3 N–H and O–H groups in total. The van der Waals surface area contributed by atoms with Gasteiger partial charge in [0.25, 0.3) is 0 Å². The SMILES string of the molecule is COC(C)(C)CCOCc1cc2ccccc2nc1NN. The molecule has 1 aromatic heterocycles. The summed E-state index contributed by atoms with van der Waals surface area (Å²) >= 11 is 0. The largest absolute Gasteiger partial charge is 0.379 e. The first-order chi connectivity index (χ1) is 10.1. The molecule has 114 valence electrons. The molecule has 2 aromatic rings. The number of nitrogens with zero attached hydrogens (tertiary/aromatic N) is 1. The second kappa shape index (κ2) is 6.85. The maximum absolute atomic E-state index is 5.73. The highest BCUT2D eigenvalue weighted by molar-refractivity contribution is 5.81. The zero-order chi connectivity index (χ0) is 15.3. The Kier molecular flexibility index (Phi) is 5.12. The van der Waals surface area contributed by atoms with Crippen molar-refractivity contribution in [3.8, 4) is 0 Å². The molecule has 5 heteroatoms. The Labute approximate surface area is 125 Å². The molecule has 5 nitrogen and oxygen atoms in total. The molecule has 0 unspecified atom stereocenters. The monoisotopic (exact) mass is 289 g/mol. The Balaban J connectivity index is 2.04. The van der Waals surface area contributed by atoms with Crippen LogP contribution in [0.3, 0.4) is 0 Å². The van der Waals surface area contributed by atoms with Crippen LogP contribution in [0.5, 0.6) is 0 Å². The van der Waals surface area contributed by atoms with Crippen molar-refractivity contribution >= 4 is 16.7 Å². The summed E-state index contributed by atoms with van der Waals surface area (Å²) in [4.78, 5) is 4.50. The van der Waals surface area contributed by atoms with Crippen molar-refractivity contribution in [3.05, 3.63) is 35.9 Å². The lowest BCUT2D eigenvalue weighted by Crippen LogP contribution is -2.24. The maximum atomic E-state index is 5.73. The highest BCUT2D eigenvalue weighted by atomic mass is 16.5. The van der Waals surface area contributed by atoms with E-state index < -0.39 is 0 Å². The van der Waals surface area contributed by atoms with Crippen LogP contribution in [0.25, 0.3) is 10.9 Å². The molecule has 0 spiro atoms. The lowest BCUT2D eigenvalue weighted by molar-refractivity contribution is -0.0124. The summed E-state index contributed by atoms with van der Waals surface area (Å²) in [6.45, 7) is 5.18. The molecule has 0 fully saturated rings. The number of aromatic nitrogens is 1. The third-order valence-electron chi connectivity index (χ3n) is 3.60. The van der Waals surface area contributed by atoms with Gasteiger partial charge in [-0.3, -0.25) is 0 Å². The van der Waals surface area contributed by atoms with Gasteiger partial charge in [-0.15, -0.1) is 0 Å². The summed E-state index contributed by atoms with van der Waals surface area (Å²) in [6.07, 6.45) is 0.829. The molecule has 0 aliphatic carbocycles. The van der Waals surface area contributed by atoms with Gasteiger partial charge in [-0.1, -0.05) is 18.2 Å². The van der Waals surface area contributed by atoms with Gasteiger partial charge in [0.2, 0.25) is 0 Å². The summed E-state index contributed by atoms with van der Waals surface area (Å²) in [5.74, 6) is 6.20. The van der Waals surface area contributed by atoms with E-state index in [-0.39, 0.29) is 5.60 Å². The van der Waals surface area contributed by atoms with Crippen molar-refractivity contribution < 1.29 is 9.47 Å².